The van der Waals surface area contributed by atoms with E-state index in [9.17, 15) is 0 Å². The zero-order chi connectivity index (χ0) is 40.3. The maximum Gasteiger partial charge on any atom is 0.135 e. The molecule has 2 heteroatoms. The lowest BCUT2D eigenvalue weighted by molar-refractivity contribution is 0.669. The van der Waals surface area contributed by atoms with E-state index in [0.29, 0.717) is 0 Å². The third kappa shape index (κ3) is 5.63. The fourth-order valence-corrected chi connectivity index (χ4v) is 10.6. The average molecular weight is 782 g/mol. The standard InChI is InChI=1S/C59H43NO/c1-4-17-40(18-5-1)41-31-33-45(34-32-41)60(46-35-36-58-53(37-46)50-27-13-15-30-57(50)61-58)56-39-55-51(38-52(56)48-28-16-20-42-19-10-11-25-47(42)48)49-26-12-14-29-54(49)59(55,43-21-6-2-7-22-43)44-23-8-3-9-24-44/h1-9,12-18,20-24,26-39H,10-11,19,25H2. The molecule has 0 saturated carbocycles. The van der Waals surface area contributed by atoms with Gasteiger partial charge < -0.3 is 9.32 Å². The van der Waals surface area contributed by atoms with Crippen LogP contribution in [0.1, 0.15) is 46.2 Å². The summed E-state index contributed by atoms with van der Waals surface area (Å²) in [7, 11) is 0. The van der Waals surface area contributed by atoms with E-state index >= 15 is 0 Å². The van der Waals surface area contributed by atoms with Gasteiger partial charge in [-0.05, 0) is 135 Å². The number of furan rings is 1. The predicted molar refractivity (Wildman–Crippen MR) is 253 cm³/mol. The van der Waals surface area contributed by atoms with Crippen molar-refractivity contribution in [3.05, 3.63) is 246 Å². The van der Waals surface area contributed by atoms with Crippen LogP contribution in [0, 0.1) is 0 Å². The van der Waals surface area contributed by atoms with Crippen molar-refractivity contribution in [3.8, 4) is 33.4 Å². The lowest BCUT2D eigenvalue weighted by Gasteiger charge is -2.36. The molecule has 0 radical (unpaired) electrons. The largest absolute Gasteiger partial charge is 0.456 e. The van der Waals surface area contributed by atoms with Crippen molar-refractivity contribution in [2.24, 2.45) is 0 Å². The predicted octanol–water partition coefficient (Wildman–Crippen LogP) is 15.6. The molecule has 0 fully saturated rings. The molecule has 0 unspecified atom stereocenters. The van der Waals surface area contributed by atoms with E-state index < -0.39 is 5.41 Å². The summed E-state index contributed by atoms with van der Waals surface area (Å²) in [5, 5.41) is 2.22. The van der Waals surface area contributed by atoms with E-state index in [2.05, 4.69) is 211 Å². The molecule has 0 saturated heterocycles. The Balaban J connectivity index is 1.20. The van der Waals surface area contributed by atoms with E-state index in [1.165, 1.54) is 79.6 Å². The number of hydrogen-bond donors (Lipinski definition) is 0. The van der Waals surface area contributed by atoms with Gasteiger partial charge in [-0.2, -0.15) is 0 Å². The van der Waals surface area contributed by atoms with Crippen LogP contribution in [0.4, 0.5) is 17.1 Å². The van der Waals surface area contributed by atoms with Crippen molar-refractivity contribution in [1.82, 2.24) is 0 Å². The summed E-state index contributed by atoms with van der Waals surface area (Å²) in [6.45, 7) is 0. The topological polar surface area (TPSA) is 16.4 Å². The second kappa shape index (κ2) is 14.4. The molecule has 61 heavy (non-hydrogen) atoms. The third-order valence-electron chi connectivity index (χ3n) is 13.4. The normalized spacial score (nSPS) is 13.8. The molecule has 12 rings (SSSR count). The summed E-state index contributed by atoms with van der Waals surface area (Å²) in [6.07, 6.45) is 4.63. The van der Waals surface area contributed by atoms with Crippen LogP contribution in [0.5, 0.6) is 0 Å². The van der Waals surface area contributed by atoms with Gasteiger partial charge in [0.25, 0.3) is 0 Å². The molecule has 0 aliphatic heterocycles. The maximum atomic E-state index is 6.42. The Labute approximate surface area is 357 Å². The molecule has 2 nitrogen and oxygen atoms in total. The molecule has 2 aliphatic carbocycles. The highest BCUT2D eigenvalue weighted by molar-refractivity contribution is 6.07. The Morgan fingerprint density at radius 3 is 1.80 bits per heavy atom. The van der Waals surface area contributed by atoms with E-state index in [1.807, 2.05) is 6.07 Å². The fraction of sp³-hybridized carbons (Fsp3) is 0.0847. The minimum atomic E-state index is -0.550. The van der Waals surface area contributed by atoms with Gasteiger partial charge in [-0.3, -0.25) is 0 Å². The van der Waals surface area contributed by atoms with E-state index in [1.54, 1.807) is 0 Å². The Bertz CT molecular complexity index is 3200. The summed E-state index contributed by atoms with van der Waals surface area (Å²) in [5.41, 5.74) is 20.2. The molecule has 0 atom stereocenters. The van der Waals surface area contributed by atoms with Gasteiger partial charge in [-0.15, -0.1) is 0 Å². The number of benzene rings is 9. The number of nitrogens with zero attached hydrogens (tertiary/aromatic N) is 1. The van der Waals surface area contributed by atoms with Crippen LogP contribution in [0.2, 0.25) is 0 Å². The zero-order valence-electron chi connectivity index (χ0n) is 33.9. The number of hydrogen-bond acceptors (Lipinski definition) is 2. The van der Waals surface area contributed by atoms with Crippen molar-refractivity contribution in [3.63, 3.8) is 0 Å². The lowest BCUT2D eigenvalue weighted by Crippen LogP contribution is -2.28. The van der Waals surface area contributed by atoms with Gasteiger partial charge in [0, 0.05) is 27.7 Å². The molecule has 290 valence electrons. The van der Waals surface area contributed by atoms with E-state index in [0.717, 1.165) is 51.8 Å². The minimum absolute atomic E-state index is 0.550. The first-order valence-corrected chi connectivity index (χ1v) is 21.6. The maximum absolute atomic E-state index is 6.42. The zero-order valence-corrected chi connectivity index (χ0v) is 33.9. The Kier molecular flexibility index (Phi) is 8.38. The third-order valence-corrected chi connectivity index (χ3v) is 13.4. The van der Waals surface area contributed by atoms with Crippen molar-refractivity contribution in [2.75, 3.05) is 4.90 Å². The highest BCUT2D eigenvalue weighted by atomic mass is 16.3. The number of anilines is 3. The molecule has 0 spiro atoms. The van der Waals surface area contributed by atoms with Gasteiger partial charge in [0.15, 0.2) is 0 Å². The quantitative estimate of drug-likeness (QED) is 0.160. The van der Waals surface area contributed by atoms with Crippen molar-refractivity contribution >= 4 is 39.0 Å². The van der Waals surface area contributed by atoms with E-state index in [4.69, 9.17) is 4.42 Å². The first kappa shape index (κ1) is 35.5. The second-order valence-corrected chi connectivity index (χ2v) is 16.6. The SMILES string of the molecule is c1ccc(-c2ccc(N(c3ccc4oc5ccccc5c4c3)c3cc4c(cc3-c3cccc5c3CCCC5)-c3ccccc3C4(c3ccccc3)c3ccccc3)cc2)cc1. The fourth-order valence-electron chi connectivity index (χ4n) is 10.6. The summed E-state index contributed by atoms with van der Waals surface area (Å²) in [6, 6.07) is 78.5. The molecule has 0 amide bonds. The first-order chi connectivity index (χ1) is 30.3. The monoisotopic (exact) mass is 781 g/mol. The van der Waals surface area contributed by atoms with Crippen LogP contribution in [0.3, 0.4) is 0 Å². The van der Waals surface area contributed by atoms with Gasteiger partial charge >= 0.3 is 0 Å². The lowest BCUT2D eigenvalue weighted by atomic mass is 9.67. The summed E-state index contributed by atoms with van der Waals surface area (Å²) in [5.74, 6) is 0. The van der Waals surface area contributed by atoms with Crippen molar-refractivity contribution < 1.29 is 4.42 Å². The molecular formula is C59H43NO. The van der Waals surface area contributed by atoms with Crippen LogP contribution >= 0.6 is 0 Å². The van der Waals surface area contributed by atoms with Crippen LogP contribution in [0.15, 0.2) is 217 Å². The van der Waals surface area contributed by atoms with Crippen LogP contribution in [0.25, 0.3) is 55.3 Å². The first-order valence-electron chi connectivity index (χ1n) is 21.6. The number of fused-ring (bicyclic) bond motifs is 7. The summed E-state index contributed by atoms with van der Waals surface area (Å²) in [4.78, 5) is 2.51. The van der Waals surface area contributed by atoms with Gasteiger partial charge in [-0.1, -0.05) is 164 Å². The van der Waals surface area contributed by atoms with Crippen LogP contribution in [-0.2, 0) is 18.3 Å². The summed E-state index contributed by atoms with van der Waals surface area (Å²) < 4.78 is 6.42. The highest BCUT2D eigenvalue weighted by Gasteiger charge is 2.47. The molecule has 9 aromatic carbocycles. The Morgan fingerprint density at radius 2 is 1.02 bits per heavy atom. The van der Waals surface area contributed by atoms with Crippen molar-refractivity contribution in [1.29, 1.82) is 0 Å². The minimum Gasteiger partial charge on any atom is -0.456 e. The van der Waals surface area contributed by atoms with Gasteiger partial charge in [-0.25, -0.2) is 0 Å². The van der Waals surface area contributed by atoms with Crippen LogP contribution in [-0.4, -0.2) is 0 Å². The summed E-state index contributed by atoms with van der Waals surface area (Å²) >= 11 is 0. The molecule has 0 N–H and O–H groups in total. The molecule has 0 bridgehead atoms. The smallest absolute Gasteiger partial charge is 0.135 e. The highest BCUT2D eigenvalue weighted by Crippen LogP contribution is 2.59. The second-order valence-electron chi connectivity index (χ2n) is 16.6. The van der Waals surface area contributed by atoms with Crippen molar-refractivity contribution in [2.45, 2.75) is 31.1 Å². The average Bonchev–Trinajstić information content (AvgIpc) is 3.85. The number of para-hydroxylation sites is 1. The van der Waals surface area contributed by atoms with Gasteiger partial charge in [0.2, 0.25) is 0 Å². The Morgan fingerprint density at radius 1 is 0.393 bits per heavy atom. The molecule has 1 heterocycles. The van der Waals surface area contributed by atoms with Gasteiger partial charge in [0.1, 0.15) is 11.2 Å². The van der Waals surface area contributed by atoms with E-state index in [-0.39, 0.29) is 0 Å². The van der Waals surface area contributed by atoms with Gasteiger partial charge in [0.05, 0.1) is 11.1 Å². The molecule has 2 aliphatic rings. The number of aryl methyl sites for hydroxylation is 1. The molecular weight excluding hydrogens is 739 g/mol. The van der Waals surface area contributed by atoms with Crippen LogP contribution < -0.4 is 4.90 Å². The number of rotatable bonds is 7. The Hall–Kier alpha value is -7.42. The molecule has 10 aromatic rings. The molecule has 1 aromatic heterocycles.